The fraction of sp³-hybridized carbons (Fsp3) is 0.250. The van der Waals surface area contributed by atoms with Gasteiger partial charge in [-0.3, -0.25) is 4.79 Å². The van der Waals surface area contributed by atoms with Crippen LogP contribution in [0.4, 0.5) is 24.0 Å². The molecule has 9 heteroatoms. The highest BCUT2D eigenvalue weighted by Gasteiger charge is 2.31. The van der Waals surface area contributed by atoms with E-state index in [9.17, 15) is 18.0 Å². The van der Waals surface area contributed by atoms with Crippen LogP contribution in [0.25, 0.3) is 0 Å². The second-order valence-electron chi connectivity index (χ2n) is 4.14. The number of benzene rings is 1. The van der Waals surface area contributed by atoms with Crippen LogP contribution in [0.3, 0.4) is 0 Å². The van der Waals surface area contributed by atoms with Gasteiger partial charge in [-0.2, -0.15) is 13.2 Å². The molecule has 1 amide bonds. The lowest BCUT2D eigenvalue weighted by molar-refractivity contribution is -0.137. The molecule has 5 nitrogen and oxygen atoms in total. The average Bonchev–Trinajstić information content (AvgIpc) is 2.88. The second-order valence-corrected chi connectivity index (χ2v) is 5.12. The molecule has 112 valence electrons. The van der Waals surface area contributed by atoms with E-state index in [0.29, 0.717) is 10.7 Å². The lowest BCUT2D eigenvalue weighted by atomic mass is 10.1. The number of hydrogen-bond acceptors (Lipinski definition) is 5. The minimum absolute atomic E-state index is 0.0659. The maximum Gasteiger partial charge on any atom is 0.416 e. The molecule has 0 aliphatic heterocycles. The van der Waals surface area contributed by atoms with Crippen LogP contribution in [0.5, 0.6) is 0 Å². The molecule has 0 spiro atoms. The molecule has 0 saturated carbocycles. The van der Waals surface area contributed by atoms with Gasteiger partial charge in [-0.15, -0.1) is 10.2 Å². The highest BCUT2D eigenvalue weighted by atomic mass is 32.1. The van der Waals surface area contributed by atoms with Gasteiger partial charge in [0.2, 0.25) is 10.1 Å². The van der Waals surface area contributed by atoms with E-state index >= 15 is 0 Å². The number of nitrogens with zero attached hydrogens (tertiary/aromatic N) is 2. The molecule has 0 unspecified atom stereocenters. The summed E-state index contributed by atoms with van der Waals surface area (Å²) in [5, 5.41) is 13.0. The third-order valence-corrected chi connectivity index (χ3v) is 3.59. The quantitative estimate of drug-likeness (QED) is 0.913. The Kier molecular flexibility index (Phi) is 4.12. The van der Waals surface area contributed by atoms with Crippen molar-refractivity contribution in [3.05, 3.63) is 34.3 Å². The molecule has 2 N–H and O–H groups in total. The number of carbonyl (C=O) groups excluding carboxylic acids is 1. The summed E-state index contributed by atoms with van der Waals surface area (Å²) < 4.78 is 38.0. The Balaban J connectivity index is 2.24. The zero-order chi connectivity index (χ0) is 15.6. The summed E-state index contributed by atoms with van der Waals surface area (Å²) in [6, 6.07) is 3.17. The van der Waals surface area contributed by atoms with E-state index in [-0.39, 0.29) is 10.7 Å². The molecule has 0 aliphatic carbocycles. The molecule has 0 atom stereocenters. The van der Waals surface area contributed by atoms with Crippen molar-refractivity contribution >= 4 is 28.1 Å². The summed E-state index contributed by atoms with van der Waals surface area (Å²) in [6.45, 7) is 1.61. The number of alkyl halides is 3. The van der Waals surface area contributed by atoms with Crippen molar-refractivity contribution in [2.45, 2.75) is 13.1 Å². The Morgan fingerprint density at radius 3 is 2.57 bits per heavy atom. The molecule has 1 aromatic carbocycles. The first-order valence-electron chi connectivity index (χ1n) is 5.81. The lowest BCUT2D eigenvalue weighted by Crippen LogP contribution is -2.14. The fourth-order valence-corrected chi connectivity index (χ4v) is 2.12. The normalized spacial score (nSPS) is 11.3. The van der Waals surface area contributed by atoms with Crippen molar-refractivity contribution in [1.29, 1.82) is 0 Å². The second kappa shape index (κ2) is 5.68. The van der Waals surface area contributed by atoms with Gasteiger partial charge in [0.25, 0.3) is 5.91 Å². The van der Waals surface area contributed by atoms with Gasteiger partial charge >= 0.3 is 6.18 Å². The van der Waals surface area contributed by atoms with E-state index in [1.165, 1.54) is 6.07 Å². The molecule has 21 heavy (non-hydrogen) atoms. The molecule has 1 aromatic heterocycles. The molecule has 0 bridgehead atoms. The van der Waals surface area contributed by atoms with E-state index < -0.39 is 17.6 Å². The van der Waals surface area contributed by atoms with E-state index in [1.807, 2.05) is 0 Å². The predicted molar refractivity (Wildman–Crippen MR) is 73.6 cm³/mol. The van der Waals surface area contributed by atoms with Crippen LogP contribution < -0.4 is 10.6 Å². The Bertz CT molecular complexity index is 669. The van der Waals surface area contributed by atoms with Crippen molar-refractivity contribution < 1.29 is 18.0 Å². The zero-order valence-electron chi connectivity index (χ0n) is 11.1. The number of carbonyl (C=O) groups is 1. The predicted octanol–water partition coefficient (Wildman–Crippen LogP) is 3.16. The molecular weight excluding hydrogens is 305 g/mol. The Morgan fingerprint density at radius 1 is 1.29 bits per heavy atom. The summed E-state index contributed by atoms with van der Waals surface area (Å²) >= 11 is 1.01. The standard InChI is InChI=1S/C12H11F3N4OS/c1-6-3-4-7(12(13,14)15)5-8(6)17-9(20)10-18-19-11(16-2)21-10/h3-5H,1-2H3,(H,16,19)(H,17,20). The van der Waals surface area contributed by atoms with E-state index in [2.05, 4.69) is 20.8 Å². The summed E-state index contributed by atoms with van der Waals surface area (Å²) in [7, 11) is 1.62. The van der Waals surface area contributed by atoms with Gasteiger partial charge in [-0.1, -0.05) is 17.4 Å². The van der Waals surface area contributed by atoms with Crippen LogP contribution in [0.1, 0.15) is 20.9 Å². The summed E-state index contributed by atoms with van der Waals surface area (Å²) in [4.78, 5) is 11.9. The largest absolute Gasteiger partial charge is 0.416 e. The minimum Gasteiger partial charge on any atom is -0.363 e. The van der Waals surface area contributed by atoms with E-state index in [1.54, 1.807) is 14.0 Å². The Hall–Kier alpha value is -2.16. The highest BCUT2D eigenvalue weighted by Crippen LogP contribution is 2.32. The Morgan fingerprint density at radius 2 is 2.00 bits per heavy atom. The third kappa shape index (κ3) is 3.48. The van der Waals surface area contributed by atoms with Crippen molar-refractivity contribution in [3.8, 4) is 0 Å². The monoisotopic (exact) mass is 316 g/mol. The third-order valence-electron chi connectivity index (χ3n) is 2.65. The molecule has 2 rings (SSSR count). The molecule has 0 aliphatic rings. The van der Waals surface area contributed by atoms with Gasteiger partial charge in [0.05, 0.1) is 5.56 Å². The van der Waals surface area contributed by atoms with E-state index in [4.69, 9.17) is 0 Å². The number of amides is 1. The van der Waals surface area contributed by atoms with E-state index in [0.717, 1.165) is 23.5 Å². The first-order chi connectivity index (χ1) is 9.81. The van der Waals surface area contributed by atoms with Crippen LogP contribution >= 0.6 is 11.3 Å². The molecular formula is C12H11F3N4OS. The van der Waals surface area contributed by atoms with Crippen molar-refractivity contribution in [3.63, 3.8) is 0 Å². The number of halogens is 3. The molecule has 2 aromatic rings. The zero-order valence-corrected chi connectivity index (χ0v) is 11.9. The lowest BCUT2D eigenvalue weighted by Gasteiger charge is -2.11. The molecule has 1 heterocycles. The van der Waals surface area contributed by atoms with Crippen molar-refractivity contribution in [1.82, 2.24) is 10.2 Å². The Labute approximate surface area is 122 Å². The molecule has 0 fully saturated rings. The van der Waals surface area contributed by atoms with Crippen molar-refractivity contribution in [2.24, 2.45) is 0 Å². The maximum absolute atomic E-state index is 12.7. The fourth-order valence-electron chi connectivity index (χ4n) is 1.52. The SMILES string of the molecule is CNc1nnc(C(=O)Nc2cc(C(F)(F)F)ccc2C)s1. The van der Waals surface area contributed by atoms with Crippen molar-refractivity contribution in [2.75, 3.05) is 17.7 Å². The topological polar surface area (TPSA) is 66.9 Å². The summed E-state index contributed by atoms with van der Waals surface area (Å²) in [5.41, 5.74) is -0.206. The number of anilines is 2. The number of aromatic nitrogens is 2. The van der Waals surface area contributed by atoms with Gasteiger partial charge in [-0.25, -0.2) is 0 Å². The van der Waals surface area contributed by atoms with Gasteiger partial charge in [0.1, 0.15) is 0 Å². The van der Waals surface area contributed by atoms with Crippen LogP contribution in [-0.4, -0.2) is 23.2 Å². The summed E-state index contributed by atoms with van der Waals surface area (Å²) in [6.07, 6.45) is -4.46. The molecule has 0 radical (unpaired) electrons. The number of hydrogen-bond donors (Lipinski definition) is 2. The average molecular weight is 316 g/mol. The van der Waals surface area contributed by atoms with Crippen LogP contribution in [0, 0.1) is 6.92 Å². The minimum atomic E-state index is -4.46. The van der Waals surface area contributed by atoms with Crippen LogP contribution in [0.2, 0.25) is 0 Å². The smallest absolute Gasteiger partial charge is 0.363 e. The number of nitrogens with one attached hydrogen (secondary N) is 2. The number of rotatable bonds is 3. The first-order valence-corrected chi connectivity index (χ1v) is 6.63. The first kappa shape index (κ1) is 15.2. The molecule has 0 saturated heterocycles. The van der Waals surface area contributed by atoms with Crippen LogP contribution in [0.15, 0.2) is 18.2 Å². The highest BCUT2D eigenvalue weighted by molar-refractivity contribution is 7.17. The summed E-state index contributed by atoms with van der Waals surface area (Å²) in [5.74, 6) is -0.601. The van der Waals surface area contributed by atoms with Gasteiger partial charge in [-0.05, 0) is 24.6 Å². The van der Waals surface area contributed by atoms with Crippen LogP contribution in [-0.2, 0) is 6.18 Å². The van der Waals surface area contributed by atoms with Gasteiger partial charge < -0.3 is 10.6 Å². The number of aryl methyl sites for hydroxylation is 1. The van der Waals surface area contributed by atoms with Gasteiger partial charge in [0.15, 0.2) is 0 Å². The van der Waals surface area contributed by atoms with Gasteiger partial charge in [0, 0.05) is 12.7 Å². The maximum atomic E-state index is 12.7.